The molecule has 1 aromatic heterocycles. The summed E-state index contributed by atoms with van der Waals surface area (Å²) in [5.41, 5.74) is 0. The summed E-state index contributed by atoms with van der Waals surface area (Å²) in [5.74, 6) is 0.425. The minimum absolute atomic E-state index is 0.185. The highest BCUT2D eigenvalue weighted by molar-refractivity contribution is 5.17. The highest BCUT2D eigenvalue weighted by Gasteiger charge is 2.17. The predicted molar refractivity (Wildman–Crippen MR) is 68.8 cm³/mol. The van der Waals surface area contributed by atoms with Gasteiger partial charge in [-0.25, -0.2) is 0 Å². The molecule has 0 aromatic carbocycles. The fraction of sp³-hybridized carbons (Fsp3) is 0.667. The maximum Gasteiger partial charge on any atom is 0.433 e. The van der Waals surface area contributed by atoms with E-state index in [1.807, 2.05) is 0 Å². The second kappa shape index (κ2) is 6.65. The van der Waals surface area contributed by atoms with Gasteiger partial charge in [0.05, 0.1) is 19.2 Å². The van der Waals surface area contributed by atoms with Crippen molar-refractivity contribution in [1.82, 2.24) is 9.80 Å². The Labute approximate surface area is 111 Å². The van der Waals surface area contributed by atoms with Crippen LogP contribution in [-0.4, -0.2) is 59.2 Å². The second-order valence-corrected chi connectivity index (χ2v) is 4.69. The first-order valence-corrected chi connectivity index (χ1v) is 6.47. The molecule has 0 bridgehead atoms. The number of furan rings is 1. The molecule has 1 fully saturated rings. The van der Waals surface area contributed by atoms with Crippen LogP contribution in [-0.2, 0) is 6.54 Å². The Morgan fingerprint density at radius 1 is 1.26 bits per heavy atom. The van der Waals surface area contributed by atoms with Crippen LogP contribution in [0.25, 0.3) is 0 Å². The Balaban J connectivity index is 1.86. The third kappa shape index (κ3) is 4.02. The lowest BCUT2D eigenvalue weighted by Gasteiger charge is -2.20. The molecule has 0 saturated carbocycles. The van der Waals surface area contributed by atoms with Gasteiger partial charge in [0.25, 0.3) is 0 Å². The van der Waals surface area contributed by atoms with Gasteiger partial charge in [-0.1, -0.05) is 0 Å². The molecule has 7 nitrogen and oxygen atoms in total. The number of β-amino-alcohol motifs (C(OH)–C–C–N with tert-alkyl or cyclic N) is 1. The number of hydrogen-bond donors (Lipinski definition) is 1. The molecule has 1 N–H and O–H groups in total. The summed E-state index contributed by atoms with van der Waals surface area (Å²) in [7, 11) is 0. The predicted octanol–water partition coefficient (Wildman–Crippen LogP) is 0.688. The first-order chi connectivity index (χ1) is 9.19. The molecule has 1 aliphatic heterocycles. The lowest BCUT2D eigenvalue weighted by atomic mass is 10.3. The number of aliphatic hydroxyl groups excluding tert-OH is 1. The molecule has 1 aromatic rings. The molecule has 0 atom stereocenters. The zero-order valence-electron chi connectivity index (χ0n) is 10.8. The summed E-state index contributed by atoms with van der Waals surface area (Å²) in [4.78, 5) is 14.5. The van der Waals surface area contributed by atoms with Gasteiger partial charge in [0.2, 0.25) is 0 Å². The van der Waals surface area contributed by atoms with Crippen LogP contribution in [0.4, 0.5) is 5.88 Å². The lowest BCUT2D eigenvalue weighted by molar-refractivity contribution is -0.402. The van der Waals surface area contributed by atoms with Crippen LogP contribution >= 0.6 is 0 Å². The van der Waals surface area contributed by atoms with Crippen molar-refractivity contribution in [1.29, 1.82) is 0 Å². The van der Waals surface area contributed by atoms with E-state index in [-0.39, 0.29) is 12.5 Å². The van der Waals surface area contributed by atoms with Gasteiger partial charge in [-0.2, -0.15) is 0 Å². The fourth-order valence-electron chi connectivity index (χ4n) is 2.32. The fourth-order valence-corrected chi connectivity index (χ4v) is 2.32. The molecule has 0 aliphatic carbocycles. The van der Waals surface area contributed by atoms with Gasteiger partial charge in [-0.15, -0.1) is 0 Å². The lowest BCUT2D eigenvalue weighted by Crippen LogP contribution is -2.32. The van der Waals surface area contributed by atoms with E-state index in [0.717, 1.165) is 32.6 Å². The average Bonchev–Trinajstić information content (AvgIpc) is 2.73. The highest BCUT2D eigenvalue weighted by atomic mass is 16.6. The Hall–Kier alpha value is -1.44. The van der Waals surface area contributed by atoms with Gasteiger partial charge in [0.15, 0.2) is 0 Å². The molecule has 1 saturated heterocycles. The Morgan fingerprint density at radius 2 is 2.00 bits per heavy atom. The topological polar surface area (TPSA) is 83.0 Å². The summed E-state index contributed by atoms with van der Waals surface area (Å²) >= 11 is 0. The van der Waals surface area contributed by atoms with Gasteiger partial charge >= 0.3 is 5.88 Å². The van der Waals surface area contributed by atoms with E-state index in [2.05, 4.69) is 9.80 Å². The maximum atomic E-state index is 10.5. The van der Waals surface area contributed by atoms with Crippen molar-refractivity contribution < 1.29 is 14.4 Å². The third-order valence-corrected chi connectivity index (χ3v) is 3.30. The normalized spacial score (nSPS) is 18.4. The number of nitrogens with zero attached hydrogens (tertiary/aromatic N) is 3. The minimum Gasteiger partial charge on any atom is -0.404 e. The van der Waals surface area contributed by atoms with Crippen LogP contribution in [0, 0.1) is 10.1 Å². The van der Waals surface area contributed by atoms with Crippen molar-refractivity contribution in [3.05, 3.63) is 28.0 Å². The van der Waals surface area contributed by atoms with Gasteiger partial charge < -0.3 is 9.52 Å². The van der Waals surface area contributed by atoms with Crippen molar-refractivity contribution in [2.24, 2.45) is 0 Å². The van der Waals surface area contributed by atoms with Crippen LogP contribution < -0.4 is 0 Å². The molecule has 19 heavy (non-hydrogen) atoms. The number of aliphatic hydroxyl groups is 1. The molecule has 106 valence electrons. The van der Waals surface area contributed by atoms with E-state index >= 15 is 0 Å². The SMILES string of the molecule is O=[N+]([O-])c1ccc(CN2CCCN(CCO)CC2)o1. The zero-order chi connectivity index (χ0) is 13.7. The van der Waals surface area contributed by atoms with Gasteiger partial charge in [0.1, 0.15) is 10.7 Å². The number of nitro groups is 1. The van der Waals surface area contributed by atoms with Crippen LogP contribution in [0.5, 0.6) is 0 Å². The van der Waals surface area contributed by atoms with Crippen LogP contribution in [0.3, 0.4) is 0 Å². The molecular formula is C12H19N3O4. The summed E-state index contributed by atoms with van der Waals surface area (Å²) in [5, 5.41) is 19.5. The van der Waals surface area contributed by atoms with Crippen LogP contribution in [0.15, 0.2) is 16.5 Å². The van der Waals surface area contributed by atoms with Gasteiger partial charge in [-0.3, -0.25) is 19.9 Å². The standard InChI is InChI=1S/C12H19N3O4/c16-9-8-13-4-1-5-14(7-6-13)10-11-2-3-12(19-11)15(17)18/h2-3,16H,1,4-10H2. The second-order valence-electron chi connectivity index (χ2n) is 4.69. The first kappa shape index (κ1) is 14.0. The van der Waals surface area contributed by atoms with Crippen molar-refractivity contribution in [3.8, 4) is 0 Å². The van der Waals surface area contributed by atoms with E-state index in [1.165, 1.54) is 6.07 Å². The van der Waals surface area contributed by atoms with Crippen molar-refractivity contribution in [3.63, 3.8) is 0 Å². The third-order valence-electron chi connectivity index (χ3n) is 3.30. The number of hydrogen-bond acceptors (Lipinski definition) is 6. The molecular weight excluding hydrogens is 250 g/mol. The van der Waals surface area contributed by atoms with Gasteiger partial charge in [0, 0.05) is 19.6 Å². The smallest absolute Gasteiger partial charge is 0.404 e. The zero-order valence-corrected chi connectivity index (χ0v) is 10.8. The first-order valence-electron chi connectivity index (χ1n) is 6.47. The highest BCUT2D eigenvalue weighted by Crippen LogP contribution is 2.17. The summed E-state index contributed by atoms with van der Waals surface area (Å²) in [6.45, 7) is 5.20. The van der Waals surface area contributed by atoms with Crippen molar-refractivity contribution in [2.75, 3.05) is 39.3 Å². The van der Waals surface area contributed by atoms with Crippen LogP contribution in [0.1, 0.15) is 12.2 Å². The van der Waals surface area contributed by atoms with Crippen molar-refractivity contribution in [2.45, 2.75) is 13.0 Å². The minimum atomic E-state index is -0.519. The Morgan fingerprint density at radius 3 is 2.68 bits per heavy atom. The molecule has 2 rings (SSSR count). The maximum absolute atomic E-state index is 10.5. The Kier molecular flexibility index (Phi) is 4.89. The molecule has 0 unspecified atom stereocenters. The number of rotatable bonds is 5. The van der Waals surface area contributed by atoms with Crippen LogP contribution in [0.2, 0.25) is 0 Å². The Bertz CT molecular complexity index is 421. The summed E-state index contributed by atoms with van der Waals surface area (Å²) in [6.07, 6.45) is 1.03. The van der Waals surface area contributed by atoms with E-state index in [4.69, 9.17) is 9.52 Å². The molecule has 7 heteroatoms. The van der Waals surface area contributed by atoms with E-state index in [0.29, 0.717) is 18.8 Å². The summed E-state index contributed by atoms with van der Waals surface area (Å²) < 4.78 is 5.17. The molecule has 0 spiro atoms. The van der Waals surface area contributed by atoms with E-state index < -0.39 is 4.92 Å². The van der Waals surface area contributed by atoms with E-state index in [9.17, 15) is 10.1 Å². The quantitative estimate of drug-likeness (QED) is 0.625. The molecule has 2 heterocycles. The van der Waals surface area contributed by atoms with E-state index in [1.54, 1.807) is 6.07 Å². The molecule has 0 amide bonds. The largest absolute Gasteiger partial charge is 0.433 e. The molecule has 1 aliphatic rings. The van der Waals surface area contributed by atoms with Crippen molar-refractivity contribution >= 4 is 5.88 Å². The molecule has 0 radical (unpaired) electrons. The summed E-state index contributed by atoms with van der Waals surface area (Å²) in [6, 6.07) is 3.06. The average molecular weight is 269 g/mol. The van der Waals surface area contributed by atoms with Gasteiger partial charge in [-0.05, 0) is 25.6 Å². The monoisotopic (exact) mass is 269 g/mol.